The van der Waals surface area contributed by atoms with Crippen LogP contribution in [0.15, 0.2) is 64.6 Å². The Kier molecular flexibility index (Phi) is 7.35. The fourth-order valence-corrected chi connectivity index (χ4v) is 3.67. The first-order chi connectivity index (χ1) is 15.8. The van der Waals surface area contributed by atoms with Crippen LogP contribution in [0.1, 0.15) is 12.5 Å². The van der Waals surface area contributed by atoms with Crippen LogP contribution in [-0.2, 0) is 20.9 Å². The van der Waals surface area contributed by atoms with E-state index in [1.54, 1.807) is 31.2 Å². The zero-order valence-corrected chi connectivity index (χ0v) is 18.0. The molecule has 1 fully saturated rings. The summed E-state index contributed by atoms with van der Waals surface area (Å²) in [5, 5.41) is 26.5. The molecule has 13 heteroatoms. The highest BCUT2D eigenvalue weighted by atomic mass is 32.2. The normalized spacial score (nSPS) is 15.7. The number of hydrogen-bond acceptors (Lipinski definition) is 10. The van der Waals surface area contributed by atoms with E-state index >= 15 is 0 Å². The van der Waals surface area contributed by atoms with Crippen LogP contribution in [0.25, 0.3) is 0 Å². The van der Waals surface area contributed by atoms with Crippen molar-refractivity contribution >= 4 is 45.9 Å². The molecule has 0 unspecified atom stereocenters. The van der Waals surface area contributed by atoms with Gasteiger partial charge in [-0.1, -0.05) is 30.3 Å². The van der Waals surface area contributed by atoms with Gasteiger partial charge < -0.3 is 4.74 Å². The molecule has 1 amide bonds. The lowest BCUT2D eigenvalue weighted by atomic mass is 10.2. The molecule has 0 spiro atoms. The van der Waals surface area contributed by atoms with Gasteiger partial charge in [-0.15, -0.1) is 5.10 Å². The van der Waals surface area contributed by atoms with Crippen LogP contribution in [0.3, 0.4) is 0 Å². The zero-order valence-electron chi connectivity index (χ0n) is 17.2. The third kappa shape index (κ3) is 5.71. The maximum atomic E-state index is 12.9. The van der Waals surface area contributed by atoms with Crippen LogP contribution in [0.2, 0.25) is 0 Å². The summed E-state index contributed by atoms with van der Waals surface area (Å²) in [6.07, 6.45) is 1.06. The minimum atomic E-state index is -0.781. The van der Waals surface area contributed by atoms with E-state index in [1.165, 1.54) is 4.90 Å². The third-order valence-corrected chi connectivity index (χ3v) is 5.27. The number of non-ortho nitro benzene ring substituents is 1. The van der Waals surface area contributed by atoms with E-state index in [0.717, 1.165) is 41.6 Å². The van der Waals surface area contributed by atoms with Gasteiger partial charge in [0.2, 0.25) is 0 Å². The second-order valence-electron chi connectivity index (χ2n) is 6.46. The Morgan fingerprint density at radius 3 is 2.55 bits per heavy atom. The molecule has 170 valence electrons. The van der Waals surface area contributed by atoms with Crippen LogP contribution in [-0.4, -0.2) is 38.4 Å². The van der Waals surface area contributed by atoms with Crippen LogP contribution in [0, 0.1) is 20.2 Å². The molecule has 1 aliphatic rings. The Labute approximate surface area is 191 Å². The summed E-state index contributed by atoms with van der Waals surface area (Å²) in [7, 11) is 0. The SMILES string of the molecule is CCOC(=O)/C=C1\S/C(=N\Nc2ccc([N+](=O)[O-])cc2[N+](=O)[O-])N(Cc2ccccc2)C1=O. The number of esters is 1. The van der Waals surface area contributed by atoms with Gasteiger partial charge in [-0.25, -0.2) is 4.79 Å². The van der Waals surface area contributed by atoms with Crippen molar-refractivity contribution in [2.24, 2.45) is 5.10 Å². The van der Waals surface area contributed by atoms with Gasteiger partial charge in [-0.05, 0) is 30.3 Å². The molecule has 33 heavy (non-hydrogen) atoms. The number of nitro groups is 2. The number of hydrazone groups is 1. The lowest BCUT2D eigenvalue weighted by Crippen LogP contribution is -2.29. The predicted octanol–water partition coefficient (Wildman–Crippen LogP) is 3.41. The Balaban J connectivity index is 1.94. The van der Waals surface area contributed by atoms with E-state index in [-0.39, 0.29) is 28.9 Å². The van der Waals surface area contributed by atoms with E-state index in [1.807, 2.05) is 6.07 Å². The first-order valence-electron chi connectivity index (χ1n) is 9.48. The number of nitrogens with one attached hydrogen (secondary N) is 1. The fourth-order valence-electron chi connectivity index (χ4n) is 2.77. The van der Waals surface area contributed by atoms with Crippen molar-refractivity contribution in [3.63, 3.8) is 0 Å². The number of amides is 1. The molecule has 3 rings (SSSR count). The Bertz CT molecular complexity index is 1170. The highest BCUT2D eigenvalue weighted by molar-refractivity contribution is 8.18. The summed E-state index contributed by atoms with van der Waals surface area (Å²) in [4.78, 5) is 46.9. The molecule has 1 heterocycles. The van der Waals surface area contributed by atoms with Gasteiger partial charge >= 0.3 is 11.7 Å². The summed E-state index contributed by atoms with van der Waals surface area (Å²) >= 11 is 0.888. The Morgan fingerprint density at radius 1 is 1.18 bits per heavy atom. The van der Waals surface area contributed by atoms with Crippen molar-refractivity contribution in [2.75, 3.05) is 12.0 Å². The largest absolute Gasteiger partial charge is 0.463 e. The fraction of sp³-hybridized carbons (Fsp3) is 0.150. The number of nitro benzene ring substituents is 2. The molecule has 0 atom stereocenters. The van der Waals surface area contributed by atoms with Crippen LogP contribution >= 0.6 is 11.8 Å². The number of rotatable bonds is 8. The smallest absolute Gasteiger partial charge is 0.332 e. The van der Waals surface area contributed by atoms with Gasteiger partial charge in [0.15, 0.2) is 5.17 Å². The number of amidine groups is 1. The quantitative estimate of drug-likeness (QED) is 0.263. The molecule has 0 aliphatic carbocycles. The summed E-state index contributed by atoms with van der Waals surface area (Å²) in [5.41, 5.74) is 2.19. The molecule has 1 N–H and O–H groups in total. The maximum Gasteiger partial charge on any atom is 0.332 e. The Hall–Kier alpha value is -4.26. The summed E-state index contributed by atoms with van der Waals surface area (Å²) < 4.78 is 4.86. The second-order valence-corrected chi connectivity index (χ2v) is 7.47. The van der Waals surface area contributed by atoms with E-state index in [0.29, 0.717) is 0 Å². The van der Waals surface area contributed by atoms with Crippen molar-refractivity contribution in [3.05, 3.63) is 85.3 Å². The number of carbonyl (C=O) groups is 2. The minimum absolute atomic E-state index is 0.0723. The number of thioether (sulfide) groups is 1. The van der Waals surface area contributed by atoms with Crippen LogP contribution in [0.5, 0.6) is 0 Å². The van der Waals surface area contributed by atoms with Gasteiger partial charge in [0, 0.05) is 12.1 Å². The molecule has 0 bridgehead atoms. The lowest BCUT2D eigenvalue weighted by molar-refractivity contribution is -0.393. The molecule has 0 saturated carbocycles. The zero-order chi connectivity index (χ0) is 24.0. The number of anilines is 1. The number of nitrogens with zero attached hydrogens (tertiary/aromatic N) is 4. The second kappa shape index (κ2) is 10.4. The van der Waals surface area contributed by atoms with Crippen molar-refractivity contribution in [3.8, 4) is 0 Å². The van der Waals surface area contributed by atoms with E-state index < -0.39 is 33.1 Å². The monoisotopic (exact) mass is 471 g/mol. The van der Waals surface area contributed by atoms with Crippen molar-refractivity contribution in [1.82, 2.24) is 4.90 Å². The first-order valence-corrected chi connectivity index (χ1v) is 10.3. The number of carbonyl (C=O) groups excluding carboxylic acids is 2. The molecule has 1 aliphatic heterocycles. The highest BCUT2D eigenvalue weighted by Gasteiger charge is 2.34. The third-order valence-electron chi connectivity index (χ3n) is 4.27. The lowest BCUT2D eigenvalue weighted by Gasteiger charge is -2.15. The van der Waals surface area contributed by atoms with Crippen molar-refractivity contribution in [1.29, 1.82) is 0 Å². The van der Waals surface area contributed by atoms with E-state index in [9.17, 15) is 29.8 Å². The predicted molar refractivity (Wildman–Crippen MR) is 120 cm³/mol. The van der Waals surface area contributed by atoms with Crippen molar-refractivity contribution < 1.29 is 24.2 Å². The standard InChI is InChI=1S/C20H17N5O7S/c1-2-32-18(26)11-17-19(27)23(12-13-6-4-3-5-7-13)20(33-17)22-21-15-9-8-14(24(28)29)10-16(15)25(30)31/h3-11,21H,2,12H2,1H3/b17-11-,22-20-. The van der Waals surface area contributed by atoms with Crippen LogP contribution in [0.4, 0.5) is 17.1 Å². The Morgan fingerprint density at radius 2 is 1.91 bits per heavy atom. The molecule has 2 aromatic rings. The highest BCUT2D eigenvalue weighted by Crippen LogP contribution is 2.34. The van der Waals surface area contributed by atoms with Gasteiger partial charge in [0.05, 0.1) is 34.0 Å². The molecular formula is C20H17N5O7S. The summed E-state index contributed by atoms with van der Waals surface area (Å²) in [6, 6.07) is 12.1. The average molecular weight is 471 g/mol. The molecular weight excluding hydrogens is 454 g/mol. The summed E-state index contributed by atoms with van der Waals surface area (Å²) in [5.74, 6) is -1.18. The minimum Gasteiger partial charge on any atom is -0.463 e. The van der Waals surface area contributed by atoms with Gasteiger partial charge in [0.1, 0.15) is 5.69 Å². The van der Waals surface area contributed by atoms with Gasteiger partial charge in [0.25, 0.3) is 11.6 Å². The number of benzene rings is 2. The first kappa shape index (κ1) is 23.4. The maximum absolute atomic E-state index is 12.9. The van der Waals surface area contributed by atoms with E-state index in [4.69, 9.17) is 4.74 Å². The topological polar surface area (TPSA) is 157 Å². The molecule has 12 nitrogen and oxygen atoms in total. The number of hydrogen-bond donors (Lipinski definition) is 1. The number of ether oxygens (including phenoxy) is 1. The van der Waals surface area contributed by atoms with Crippen molar-refractivity contribution in [2.45, 2.75) is 13.5 Å². The van der Waals surface area contributed by atoms with Gasteiger partial charge in [-0.3, -0.25) is 35.3 Å². The summed E-state index contributed by atoms with van der Waals surface area (Å²) in [6.45, 7) is 1.91. The van der Waals surface area contributed by atoms with Crippen LogP contribution < -0.4 is 5.43 Å². The molecule has 2 aromatic carbocycles. The molecule has 0 radical (unpaired) electrons. The molecule has 1 saturated heterocycles. The molecule has 0 aromatic heterocycles. The van der Waals surface area contributed by atoms with Gasteiger partial charge in [-0.2, -0.15) is 0 Å². The van der Waals surface area contributed by atoms with E-state index in [2.05, 4.69) is 10.5 Å². The average Bonchev–Trinajstić information content (AvgIpc) is 3.07.